The summed E-state index contributed by atoms with van der Waals surface area (Å²) in [4.78, 5) is 15.3. The molecule has 3 aromatic rings. The number of piperidine rings is 1. The van der Waals surface area contributed by atoms with E-state index in [2.05, 4.69) is 34.5 Å². The van der Waals surface area contributed by atoms with Gasteiger partial charge in [0.25, 0.3) is 0 Å². The van der Waals surface area contributed by atoms with Gasteiger partial charge in [-0.05, 0) is 84.9 Å². The number of fused-ring (bicyclic) bond motifs is 1. The molecule has 1 atom stereocenters. The standard InChI is InChI=1S/C28H34N2O3/c1-20(23-6-7-25-17-27(33-3)11-8-24(25)16-23)28(31)29-18-21-12-14-30(15-13-21)19-22-4-9-26(32-2)10-5-22/h4-11,16-17,20-21H,12-15,18-19H2,1-3H3,(H,29,31)/t20-/m0/s1. The zero-order valence-corrected chi connectivity index (χ0v) is 19.8. The number of rotatable bonds is 8. The quantitative estimate of drug-likeness (QED) is 0.530. The maximum absolute atomic E-state index is 12.8. The van der Waals surface area contributed by atoms with Gasteiger partial charge < -0.3 is 14.8 Å². The summed E-state index contributed by atoms with van der Waals surface area (Å²) in [6.45, 7) is 5.84. The monoisotopic (exact) mass is 446 g/mol. The van der Waals surface area contributed by atoms with Crippen LogP contribution in [0.25, 0.3) is 10.8 Å². The number of hydrogen-bond acceptors (Lipinski definition) is 4. The van der Waals surface area contributed by atoms with Crippen LogP contribution in [-0.4, -0.2) is 44.7 Å². The highest BCUT2D eigenvalue weighted by atomic mass is 16.5. The Morgan fingerprint density at radius 3 is 2.27 bits per heavy atom. The molecule has 1 heterocycles. The van der Waals surface area contributed by atoms with Gasteiger partial charge in [0.1, 0.15) is 11.5 Å². The van der Waals surface area contributed by atoms with Crippen molar-refractivity contribution >= 4 is 16.7 Å². The molecule has 33 heavy (non-hydrogen) atoms. The first-order valence-corrected chi connectivity index (χ1v) is 11.8. The number of hydrogen-bond donors (Lipinski definition) is 1. The Hall–Kier alpha value is -3.05. The lowest BCUT2D eigenvalue weighted by molar-refractivity contribution is -0.122. The van der Waals surface area contributed by atoms with E-state index in [-0.39, 0.29) is 11.8 Å². The van der Waals surface area contributed by atoms with Crippen LogP contribution >= 0.6 is 0 Å². The van der Waals surface area contributed by atoms with Crippen LogP contribution in [0.5, 0.6) is 11.5 Å². The molecule has 174 valence electrons. The Labute approximate surface area is 196 Å². The molecule has 0 radical (unpaired) electrons. The van der Waals surface area contributed by atoms with Crippen molar-refractivity contribution in [2.75, 3.05) is 33.9 Å². The number of benzene rings is 3. The predicted octanol–water partition coefficient (Wildman–Crippen LogP) is 4.99. The highest BCUT2D eigenvalue weighted by Crippen LogP contribution is 2.26. The van der Waals surface area contributed by atoms with Crippen molar-refractivity contribution in [3.05, 3.63) is 71.8 Å². The fourth-order valence-electron chi connectivity index (χ4n) is 4.53. The molecule has 1 fully saturated rings. The summed E-state index contributed by atoms with van der Waals surface area (Å²) in [5, 5.41) is 5.44. The second-order valence-electron chi connectivity index (χ2n) is 9.01. The van der Waals surface area contributed by atoms with Crippen LogP contribution in [0.2, 0.25) is 0 Å². The van der Waals surface area contributed by atoms with E-state index in [9.17, 15) is 4.79 Å². The second kappa shape index (κ2) is 10.7. The fraction of sp³-hybridized carbons (Fsp3) is 0.393. The Bertz CT molecular complexity index is 1070. The van der Waals surface area contributed by atoms with E-state index in [1.807, 2.05) is 43.3 Å². The molecule has 1 N–H and O–H groups in total. The van der Waals surface area contributed by atoms with Gasteiger partial charge in [-0.3, -0.25) is 9.69 Å². The van der Waals surface area contributed by atoms with Gasteiger partial charge in [-0.15, -0.1) is 0 Å². The predicted molar refractivity (Wildman–Crippen MR) is 133 cm³/mol. The van der Waals surface area contributed by atoms with Gasteiger partial charge >= 0.3 is 0 Å². The van der Waals surface area contributed by atoms with Crippen LogP contribution in [0.15, 0.2) is 60.7 Å². The van der Waals surface area contributed by atoms with Crippen LogP contribution in [-0.2, 0) is 11.3 Å². The highest BCUT2D eigenvalue weighted by molar-refractivity contribution is 5.88. The largest absolute Gasteiger partial charge is 0.497 e. The molecule has 1 aliphatic heterocycles. The molecule has 0 aromatic heterocycles. The molecule has 0 aliphatic carbocycles. The number of nitrogens with zero attached hydrogens (tertiary/aromatic N) is 1. The summed E-state index contributed by atoms with van der Waals surface area (Å²) in [7, 11) is 3.37. The van der Waals surface area contributed by atoms with E-state index in [1.165, 1.54) is 5.56 Å². The SMILES string of the molecule is COc1ccc(CN2CCC(CNC(=O)[C@@H](C)c3ccc4cc(OC)ccc4c3)CC2)cc1. The average molecular weight is 447 g/mol. The van der Waals surface area contributed by atoms with Gasteiger partial charge in [0, 0.05) is 13.1 Å². The summed E-state index contributed by atoms with van der Waals surface area (Å²) in [5.41, 5.74) is 2.35. The summed E-state index contributed by atoms with van der Waals surface area (Å²) < 4.78 is 10.5. The summed E-state index contributed by atoms with van der Waals surface area (Å²) in [6.07, 6.45) is 2.23. The van der Waals surface area contributed by atoms with E-state index < -0.39 is 0 Å². The van der Waals surface area contributed by atoms with Crippen LogP contribution < -0.4 is 14.8 Å². The molecule has 0 bridgehead atoms. The van der Waals surface area contributed by atoms with Crippen molar-refractivity contribution in [2.45, 2.75) is 32.2 Å². The van der Waals surface area contributed by atoms with E-state index in [0.29, 0.717) is 5.92 Å². The van der Waals surface area contributed by atoms with Gasteiger partial charge in [0.05, 0.1) is 20.1 Å². The Morgan fingerprint density at radius 2 is 1.58 bits per heavy atom. The smallest absolute Gasteiger partial charge is 0.227 e. The molecular weight excluding hydrogens is 412 g/mol. The fourth-order valence-corrected chi connectivity index (χ4v) is 4.53. The summed E-state index contributed by atoms with van der Waals surface area (Å²) in [5.74, 6) is 2.20. The molecule has 4 rings (SSSR count). The number of amides is 1. The van der Waals surface area contributed by atoms with Crippen LogP contribution in [0, 0.1) is 5.92 Å². The number of likely N-dealkylation sites (tertiary alicyclic amines) is 1. The molecule has 3 aromatic carbocycles. The van der Waals surface area contributed by atoms with E-state index >= 15 is 0 Å². The molecular formula is C28H34N2O3. The topological polar surface area (TPSA) is 50.8 Å². The number of ether oxygens (including phenoxy) is 2. The van der Waals surface area contributed by atoms with E-state index in [4.69, 9.17) is 9.47 Å². The highest BCUT2D eigenvalue weighted by Gasteiger charge is 2.22. The Kier molecular flexibility index (Phi) is 7.50. The second-order valence-corrected chi connectivity index (χ2v) is 9.01. The molecule has 0 spiro atoms. The van der Waals surface area contributed by atoms with Gasteiger partial charge in [0.15, 0.2) is 0 Å². The first-order chi connectivity index (χ1) is 16.1. The van der Waals surface area contributed by atoms with Gasteiger partial charge in [-0.2, -0.15) is 0 Å². The van der Waals surface area contributed by atoms with Crippen molar-refractivity contribution in [3.63, 3.8) is 0 Å². The minimum absolute atomic E-state index is 0.100. The first-order valence-electron chi connectivity index (χ1n) is 11.8. The zero-order chi connectivity index (χ0) is 23.2. The molecule has 1 amide bonds. The van der Waals surface area contributed by atoms with E-state index in [0.717, 1.165) is 66.9 Å². The Morgan fingerprint density at radius 1 is 0.939 bits per heavy atom. The van der Waals surface area contributed by atoms with Crippen LogP contribution in [0.1, 0.15) is 36.8 Å². The molecule has 0 unspecified atom stereocenters. The average Bonchev–Trinajstić information content (AvgIpc) is 2.87. The third-order valence-electron chi connectivity index (χ3n) is 6.80. The lowest BCUT2D eigenvalue weighted by Gasteiger charge is -2.32. The summed E-state index contributed by atoms with van der Waals surface area (Å²) >= 11 is 0. The van der Waals surface area contributed by atoms with Gasteiger partial charge in [-0.1, -0.05) is 36.4 Å². The number of methoxy groups -OCH3 is 2. The van der Waals surface area contributed by atoms with Gasteiger partial charge in [0.2, 0.25) is 5.91 Å². The molecule has 5 heteroatoms. The number of carbonyl (C=O) groups is 1. The molecule has 0 saturated carbocycles. The maximum Gasteiger partial charge on any atom is 0.227 e. The van der Waals surface area contributed by atoms with E-state index in [1.54, 1.807) is 14.2 Å². The first kappa shape index (κ1) is 23.1. The minimum atomic E-state index is -0.174. The lowest BCUT2D eigenvalue weighted by atomic mass is 9.94. The maximum atomic E-state index is 12.8. The van der Waals surface area contributed by atoms with Crippen LogP contribution in [0.3, 0.4) is 0 Å². The minimum Gasteiger partial charge on any atom is -0.497 e. The zero-order valence-electron chi connectivity index (χ0n) is 19.8. The molecule has 5 nitrogen and oxygen atoms in total. The Balaban J connectivity index is 1.24. The van der Waals surface area contributed by atoms with Crippen LogP contribution in [0.4, 0.5) is 0 Å². The van der Waals surface area contributed by atoms with Gasteiger partial charge in [-0.25, -0.2) is 0 Å². The lowest BCUT2D eigenvalue weighted by Crippen LogP contribution is -2.39. The number of carbonyl (C=O) groups excluding carboxylic acids is 1. The van der Waals surface area contributed by atoms with Crippen molar-refractivity contribution in [1.82, 2.24) is 10.2 Å². The number of nitrogens with one attached hydrogen (secondary N) is 1. The molecule has 1 saturated heterocycles. The summed E-state index contributed by atoms with van der Waals surface area (Å²) in [6, 6.07) is 20.5. The third kappa shape index (κ3) is 5.85. The van der Waals surface area contributed by atoms with Crippen molar-refractivity contribution < 1.29 is 14.3 Å². The normalized spacial score (nSPS) is 15.8. The van der Waals surface area contributed by atoms with Crippen molar-refractivity contribution in [1.29, 1.82) is 0 Å². The van der Waals surface area contributed by atoms with Crippen molar-refractivity contribution in [2.24, 2.45) is 5.92 Å². The third-order valence-corrected chi connectivity index (χ3v) is 6.80. The molecule has 1 aliphatic rings. The van der Waals surface area contributed by atoms with Crippen molar-refractivity contribution in [3.8, 4) is 11.5 Å².